The molecule has 54 valence electrons. The first-order chi connectivity index (χ1) is 4.00. The van der Waals surface area contributed by atoms with Crippen molar-refractivity contribution in [2.45, 2.75) is 0 Å². The Kier molecular flexibility index (Phi) is 8.23. The molecule has 0 rings (SSSR count). The Morgan fingerprint density at radius 1 is 1.56 bits per heavy atom. The highest BCUT2D eigenvalue weighted by Gasteiger charge is 1.68. The third-order valence-electron chi connectivity index (χ3n) is 0.211. The van der Waals surface area contributed by atoms with Gasteiger partial charge in [0.05, 0.1) is 0 Å². The van der Waals surface area contributed by atoms with Crippen LogP contribution < -0.4 is 0 Å². The molecule has 0 bridgehead atoms. The Morgan fingerprint density at radius 2 is 1.67 bits per heavy atom. The zero-order valence-electron chi connectivity index (χ0n) is 5.70. The molecule has 0 aliphatic heterocycles. The first-order valence-electron chi connectivity index (χ1n) is 2.20. The van der Waals surface area contributed by atoms with Crippen molar-refractivity contribution in [2.75, 3.05) is 21.1 Å². The van der Waals surface area contributed by atoms with E-state index in [0.29, 0.717) is 0 Å². The molecule has 0 radical (unpaired) electrons. The van der Waals surface area contributed by atoms with Gasteiger partial charge in [-0.2, -0.15) is 0 Å². The lowest BCUT2D eigenvalue weighted by Crippen LogP contribution is -2.06. The molecule has 5 heteroatoms. The number of carbonyl (C=O) groups is 1. The van der Waals surface area contributed by atoms with Crippen LogP contribution in [0.5, 0.6) is 0 Å². The topological polar surface area (TPSA) is 63.5 Å². The van der Waals surface area contributed by atoms with Crippen molar-refractivity contribution in [2.24, 2.45) is 0 Å². The maximum Gasteiger partial charge on any atom is 0.209 e. The summed E-state index contributed by atoms with van der Waals surface area (Å²) >= 11 is 0. The van der Waals surface area contributed by atoms with Crippen LogP contribution in [0.25, 0.3) is 0 Å². The van der Waals surface area contributed by atoms with E-state index in [0.717, 1.165) is 13.5 Å². The molecule has 0 saturated carbocycles. The average Bonchev–Trinajstić information content (AvgIpc) is 1.65. The second kappa shape index (κ2) is 6.87. The molecule has 0 N–H and O–H groups in total. The molecule has 0 heterocycles. The Bertz CT molecular complexity index is 87.8. The van der Waals surface area contributed by atoms with Crippen LogP contribution in [0.1, 0.15) is 0 Å². The van der Waals surface area contributed by atoms with E-state index in [9.17, 15) is 4.79 Å². The summed E-state index contributed by atoms with van der Waals surface area (Å²) in [4.78, 5) is 19.2. The van der Waals surface area contributed by atoms with Crippen molar-refractivity contribution >= 4 is 6.41 Å². The molecular weight excluding hydrogens is 124 g/mol. The van der Waals surface area contributed by atoms with Crippen molar-refractivity contribution in [3.05, 3.63) is 10.1 Å². The molecule has 0 aromatic heterocycles. The molecule has 0 aliphatic rings. The summed E-state index contributed by atoms with van der Waals surface area (Å²) in [5, 5.41) is 8.81. The predicted octanol–water partition coefficient (Wildman–Crippen LogP) is -0.403. The molecule has 5 nitrogen and oxygen atoms in total. The van der Waals surface area contributed by atoms with E-state index >= 15 is 0 Å². The largest absolute Gasteiger partial charge is 0.351 e. The molecule has 1 amide bonds. The van der Waals surface area contributed by atoms with Gasteiger partial charge in [-0.05, 0) is 0 Å². The van der Waals surface area contributed by atoms with Gasteiger partial charge in [0, 0.05) is 19.0 Å². The molecule has 0 aromatic carbocycles. The maximum atomic E-state index is 9.43. The highest BCUT2D eigenvalue weighted by Crippen LogP contribution is 1.52. The fraction of sp³-hybridized carbons (Fsp3) is 0.750. The van der Waals surface area contributed by atoms with Crippen LogP contribution in [0.3, 0.4) is 0 Å². The third kappa shape index (κ3) is 215. The van der Waals surface area contributed by atoms with Crippen LogP contribution in [-0.2, 0) is 4.79 Å². The van der Waals surface area contributed by atoms with Gasteiger partial charge in [0.1, 0.15) is 0 Å². The Morgan fingerprint density at radius 3 is 1.67 bits per heavy atom. The molecule has 0 saturated heterocycles. The van der Waals surface area contributed by atoms with E-state index in [1.165, 1.54) is 4.90 Å². The Labute approximate surface area is 53.4 Å². The number of amides is 1. The minimum atomic E-state index is -0.500. The number of rotatable bonds is 1. The first kappa shape index (κ1) is 10.8. The summed E-state index contributed by atoms with van der Waals surface area (Å²) in [5.74, 6) is 0. The summed E-state index contributed by atoms with van der Waals surface area (Å²) in [7, 11) is 4.26. The number of hydrogen-bond donors (Lipinski definition) is 0. The second-order valence-electron chi connectivity index (χ2n) is 1.51. The van der Waals surface area contributed by atoms with Crippen LogP contribution in [0, 0.1) is 10.1 Å². The summed E-state index contributed by atoms with van der Waals surface area (Å²) in [6.45, 7) is 0. The normalized spacial score (nSPS) is 6.56. The van der Waals surface area contributed by atoms with E-state index in [1.54, 1.807) is 14.1 Å². The van der Waals surface area contributed by atoms with Gasteiger partial charge in [-0.1, -0.05) is 0 Å². The standard InChI is InChI=1S/C3H7NO.CH3NO2/c1-4(2)3-5;1-2(3)4/h3H,1-2H3;1H3. The smallest absolute Gasteiger partial charge is 0.209 e. The SMILES string of the molecule is CN(C)C=O.C[N+](=O)[O-]. The minimum Gasteiger partial charge on any atom is -0.351 e. The van der Waals surface area contributed by atoms with Gasteiger partial charge in [-0.15, -0.1) is 0 Å². The highest BCUT2D eigenvalue weighted by molar-refractivity contribution is 5.45. The zero-order valence-corrected chi connectivity index (χ0v) is 5.70. The van der Waals surface area contributed by atoms with E-state index in [4.69, 9.17) is 10.1 Å². The van der Waals surface area contributed by atoms with Crippen LogP contribution in [0.4, 0.5) is 0 Å². The van der Waals surface area contributed by atoms with Crippen molar-refractivity contribution in [3.63, 3.8) is 0 Å². The first-order valence-corrected chi connectivity index (χ1v) is 2.20. The fourth-order valence-electron chi connectivity index (χ4n) is 0. The van der Waals surface area contributed by atoms with Crippen molar-refractivity contribution in [3.8, 4) is 0 Å². The van der Waals surface area contributed by atoms with Gasteiger partial charge in [0.15, 0.2) is 7.05 Å². The monoisotopic (exact) mass is 134 g/mol. The van der Waals surface area contributed by atoms with Gasteiger partial charge in [0.2, 0.25) is 6.41 Å². The zero-order chi connectivity index (χ0) is 7.86. The Balaban J connectivity index is 0. The van der Waals surface area contributed by atoms with Gasteiger partial charge in [-0.25, -0.2) is 0 Å². The summed E-state index contributed by atoms with van der Waals surface area (Å²) < 4.78 is 0. The lowest BCUT2D eigenvalue weighted by atomic mass is 11.0. The highest BCUT2D eigenvalue weighted by atomic mass is 16.6. The molecule has 0 spiro atoms. The van der Waals surface area contributed by atoms with Crippen LogP contribution in [-0.4, -0.2) is 37.4 Å². The van der Waals surface area contributed by atoms with Crippen LogP contribution in [0.15, 0.2) is 0 Å². The Hall–Kier alpha value is -1.13. The number of carbonyl (C=O) groups excluding carboxylic acids is 1. The van der Waals surface area contributed by atoms with Gasteiger partial charge in [-0.3, -0.25) is 14.9 Å². The summed E-state index contributed by atoms with van der Waals surface area (Å²) in [6, 6.07) is 0. The molecule has 0 atom stereocenters. The second-order valence-corrected chi connectivity index (χ2v) is 1.51. The molecule has 9 heavy (non-hydrogen) atoms. The lowest BCUT2D eigenvalue weighted by Gasteiger charge is -1.93. The number of hydrogen-bond acceptors (Lipinski definition) is 3. The van der Waals surface area contributed by atoms with Crippen LogP contribution in [0.2, 0.25) is 0 Å². The third-order valence-corrected chi connectivity index (χ3v) is 0.211. The van der Waals surface area contributed by atoms with Gasteiger partial charge < -0.3 is 4.90 Å². The lowest BCUT2D eigenvalue weighted by molar-refractivity contribution is -0.445. The molecular formula is C4H10N2O3. The van der Waals surface area contributed by atoms with Gasteiger partial charge in [0.25, 0.3) is 0 Å². The van der Waals surface area contributed by atoms with E-state index < -0.39 is 4.92 Å². The predicted molar refractivity (Wildman–Crippen MR) is 32.7 cm³/mol. The molecule has 0 aromatic rings. The van der Waals surface area contributed by atoms with Crippen molar-refractivity contribution in [1.29, 1.82) is 0 Å². The maximum absolute atomic E-state index is 9.43. The van der Waals surface area contributed by atoms with Crippen molar-refractivity contribution < 1.29 is 9.72 Å². The van der Waals surface area contributed by atoms with E-state index in [2.05, 4.69) is 0 Å². The van der Waals surface area contributed by atoms with Crippen molar-refractivity contribution in [1.82, 2.24) is 4.90 Å². The molecule has 0 fully saturated rings. The van der Waals surface area contributed by atoms with E-state index in [1.807, 2.05) is 0 Å². The van der Waals surface area contributed by atoms with E-state index in [-0.39, 0.29) is 0 Å². The minimum absolute atomic E-state index is 0.500. The fourth-order valence-corrected chi connectivity index (χ4v) is 0. The number of nitrogens with zero attached hydrogens (tertiary/aromatic N) is 2. The quantitative estimate of drug-likeness (QED) is 0.278. The number of nitro groups is 1. The van der Waals surface area contributed by atoms with Crippen LogP contribution >= 0.6 is 0 Å². The summed E-state index contributed by atoms with van der Waals surface area (Å²) in [5.41, 5.74) is 0. The molecule has 0 unspecified atom stereocenters. The molecule has 0 aliphatic carbocycles. The van der Waals surface area contributed by atoms with Gasteiger partial charge >= 0.3 is 0 Å². The summed E-state index contributed by atoms with van der Waals surface area (Å²) in [6.07, 6.45) is 0.750. The average molecular weight is 134 g/mol.